The topological polar surface area (TPSA) is 43.1 Å². The molecule has 0 fully saturated rings. The van der Waals surface area contributed by atoms with Crippen molar-refractivity contribution in [2.24, 2.45) is 4.99 Å². The Morgan fingerprint density at radius 3 is 2.90 bits per heavy atom. The van der Waals surface area contributed by atoms with Gasteiger partial charge in [-0.25, -0.2) is 15.0 Å². The minimum atomic E-state index is 0.500. The van der Waals surface area contributed by atoms with Gasteiger partial charge >= 0.3 is 0 Å². The molecule has 0 N–H and O–H groups in total. The third kappa shape index (κ3) is 3.12. The van der Waals surface area contributed by atoms with Crippen LogP contribution < -0.4 is 5.49 Å². The smallest absolute Gasteiger partial charge is 0.211 e. The van der Waals surface area contributed by atoms with Crippen molar-refractivity contribution in [3.63, 3.8) is 0 Å². The molecular formula is C14H11ClN4S. The largest absolute Gasteiger partial charge is 0.328 e. The van der Waals surface area contributed by atoms with Crippen LogP contribution in [0.3, 0.4) is 0 Å². The first-order valence-electron chi connectivity index (χ1n) is 6.01. The van der Waals surface area contributed by atoms with Crippen molar-refractivity contribution in [3.05, 3.63) is 70.5 Å². The number of hydrogen-bond acceptors (Lipinski definition) is 4. The second-order valence-corrected chi connectivity index (χ2v) is 5.36. The van der Waals surface area contributed by atoms with Crippen LogP contribution in [0.25, 0.3) is 0 Å². The van der Waals surface area contributed by atoms with Gasteiger partial charge in [-0.15, -0.1) is 11.3 Å². The summed E-state index contributed by atoms with van der Waals surface area (Å²) >= 11 is 7.31. The standard InChI is InChI=1S/C14H11ClN4S/c15-12-5-4-11(9-17-12)10-19-7-2-1-3-13(19)18-14-16-6-8-20-14/h1-9H,10H2. The summed E-state index contributed by atoms with van der Waals surface area (Å²) in [6, 6.07) is 9.65. The Morgan fingerprint density at radius 2 is 2.15 bits per heavy atom. The lowest BCUT2D eigenvalue weighted by Crippen LogP contribution is -2.20. The molecule has 0 spiro atoms. The van der Waals surface area contributed by atoms with E-state index in [1.54, 1.807) is 18.5 Å². The van der Waals surface area contributed by atoms with Crippen LogP contribution >= 0.6 is 22.9 Å². The monoisotopic (exact) mass is 302 g/mol. The summed E-state index contributed by atoms with van der Waals surface area (Å²) in [6.45, 7) is 0.690. The summed E-state index contributed by atoms with van der Waals surface area (Å²) in [6.07, 6.45) is 5.51. The summed E-state index contributed by atoms with van der Waals surface area (Å²) in [5.41, 5.74) is 1.93. The molecule has 3 aromatic heterocycles. The zero-order valence-corrected chi connectivity index (χ0v) is 12.1. The van der Waals surface area contributed by atoms with Gasteiger partial charge in [0.25, 0.3) is 0 Å². The maximum Gasteiger partial charge on any atom is 0.211 e. The van der Waals surface area contributed by atoms with Crippen LogP contribution in [0.4, 0.5) is 5.13 Å². The van der Waals surface area contributed by atoms with Gasteiger partial charge in [-0.05, 0) is 23.8 Å². The van der Waals surface area contributed by atoms with Crippen LogP contribution in [0.2, 0.25) is 5.15 Å². The van der Waals surface area contributed by atoms with Gasteiger partial charge in [0.2, 0.25) is 5.13 Å². The van der Waals surface area contributed by atoms with E-state index in [2.05, 4.69) is 15.0 Å². The fourth-order valence-electron chi connectivity index (χ4n) is 1.77. The SMILES string of the molecule is Clc1ccc(Cn2ccccc2=Nc2nccs2)cn1. The average Bonchev–Trinajstić information content (AvgIpc) is 2.96. The third-order valence-electron chi connectivity index (χ3n) is 2.69. The molecule has 3 aromatic rings. The molecule has 6 heteroatoms. The predicted octanol–water partition coefficient (Wildman–Crippen LogP) is 3.27. The van der Waals surface area contributed by atoms with Crippen LogP contribution in [-0.2, 0) is 6.54 Å². The van der Waals surface area contributed by atoms with E-state index in [1.807, 2.05) is 40.4 Å². The highest BCUT2D eigenvalue weighted by Crippen LogP contribution is 2.13. The molecule has 20 heavy (non-hydrogen) atoms. The van der Waals surface area contributed by atoms with Crippen molar-refractivity contribution < 1.29 is 0 Å². The number of thiazole rings is 1. The lowest BCUT2D eigenvalue weighted by molar-refractivity contribution is 0.740. The molecule has 0 atom stereocenters. The second kappa shape index (κ2) is 5.98. The van der Waals surface area contributed by atoms with Gasteiger partial charge < -0.3 is 4.57 Å². The Kier molecular flexibility index (Phi) is 3.90. The Balaban J connectivity index is 1.96. The van der Waals surface area contributed by atoms with Crippen LogP contribution in [0.5, 0.6) is 0 Å². The van der Waals surface area contributed by atoms with Crippen molar-refractivity contribution in [2.75, 3.05) is 0 Å². The van der Waals surface area contributed by atoms with Crippen molar-refractivity contribution >= 4 is 28.1 Å². The predicted molar refractivity (Wildman–Crippen MR) is 80.1 cm³/mol. The minimum Gasteiger partial charge on any atom is -0.328 e. The number of nitrogens with zero attached hydrogens (tertiary/aromatic N) is 4. The molecule has 0 saturated heterocycles. The van der Waals surface area contributed by atoms with Crippen molar-refractivity contribution in [1.82, 2.24) is 14.5 Å². The zero-order chi connectivity index (χ0) is 13.8. The molecule has 0 aliphatic heterocycles. The summed E-state index contributed by atoms with van der Waals surface area (Å²) < 4.78 is 2.05. The Hall–Kier alpha value is -1.98. The van der Waals surface area contributed by atoms with E-state index in [-0.39, 0.29) is 0 Å². The third-order valence-corrected chi connectivity index (χ3v) is 3.58. The number of halogens is 1. The van der Waals surface area contributed by atoms with Gasteiger partial charge in [-0.3, -0.25) is 0 Å². The zero-order valence-electron chi connectivity index (χ0n) is 10.5. The summed E-state index contributed by atoms with van der Waals surface area (Å²) in [7, 11) is 0. The number of rotatable bonds is 3. The van der Waals surface area contributed by atoms with Gasteiger partial charge in [-0.2, -0.15) is 0 Å². The lowest BCUT2D eigenvalue weighted by Gasteiger charge is -2.06. The first-order valence-corrected chi connectivity index (χ1v) is 7.27. The van der Waals surface area contributed by atoms with E-state index < -0.39 is 0 Å². The van der Waals surface area contributed by atoms with Gasteiger partial charge in [0.05, 0.1) is 6.54 Å². The average molecular weight is 303 g/mol. The van der Waals surface area contributed by atoms with Crippen LogP contribution in [0.1, 0.15) is 5.56 Å². The van der Waals surface area contributed by atoms with Gasteiger partial charge in [0.1, 0.15) is 10.6 Å². The Bertz CT molecular complexity index is 747. The lowest BCUT2D eigenvalue weighted by atomic mass is 10.3. The van der Waals surface area contributed by atoms with Crippen molar-refractivity contribution in [3.8, 4) is 0 Å². The van der Waals surface area contributed by atoms with Crippen LogP contribution in [-0.4, -0.2) is 14.5 Å². The van der Waals surface area contributed by atoms with Crippen molar-refractivity contribution in [1.29, 1.82) is 0 Å². The molecule has 0 aliphatic rings. The van der Waals surface area contributed by atoms with Gasteiger partial charge in [0.15, 0.2) is 0 Å². The molecule has 0 saturated carbocycles. The Labute approximate surface area is 125 Å². The van der Waals surface area contributed by atoms with E-state index >= 15 is 0 Å². The molecule has 0 bridgehead atoms. The summed E-state index contributed by atoms with van der Waals surface area (Å²) in [5, 5.41) is 3.16. The molecule has 0 unspecified atom stereocenters. The molecule has 100 valence electrons. The maximum atomic E-state index is 5.80. The van der Waals surface area contributed by atoms with Crippen LogP contribution in [0.15, 0.2) is 59.3 Å². The number of aromatic nitrogens is 3. The molecule has 0 aliphatic carbocycles. The highest BCUT2D eigenvalue weighted by Gasteiger charge is 1.98. The molecule has 4 nitrogen and oxygen atoms in total. The normalized spacial score (nSPS) is 11.8. The fraction of sp³-hybridized carbons (Fsp3) is 0.0714. The van der Waals surface area contributed by atoms with E-state index in [0.29, 0.717) is 11.7 Å². The molecule has 0 radical (unpaired) electrons. The molecular weight excluding hydrogens is 292 g/mol. The number of hydrogen-bond donors (Lipinski definition) is 0. The summed E-state index contributed by atoms with van der Waals surface area (Å²) in [4.78, 5) is 12.8. The maximum absolute atomic E-state index is 5.80. The van der Waals surface area contributed by atoms with Gasteiger partial charge in [-0.1, -0.05) is 23.7 Å². The van der Waals surface area contributed by atoms with E-state index in [9.17, 15) is 0 Å². The van der Waals surface area contributed by atoms with Crippen LogP contribution in [0, 0.1) is 0 Å². The second-order valence-electron chi connectivity index (χ2n) is 4.10. The molecule has 3 heterocycles. The van der Waals surface area contributed by atoms with Gasteiger partial charge in [0, 0.05) is 24.0 Å². The number of pyridine rings is 2. The molecule has 3 rings (SSSR count). The summed E-state index contributed by atoms with van der Waals surface area (Å²) in [5.74, 6) is 0. The first-order chi connectivity index (χ1) is 9.81. The molecule has 0 amide bonds. The highest BCUT2D eigenvalue weighted by molar-refractivity contribution is 7.13. The first kappa shape index (κ1) is 13.0. The highest BCUT2D eigenvalue weighted by atomic mass is 35.5. The quantitative estimate of drug-likeness (QED) is 0.697. The van der Waals surface area contributed by atoms with E-state index in [0.717, 1.165) is 16.2 Å². The van der Waals surface area contributed by atoms with Crippen molar-refractivity contribution in [2.45, 2.75) is 6.54 Å². The Morgan fingerprint density at radius 1 is 1.20 bits per heavy atom. The minimum absolute atomic E-state index is 0.500. The van der Waals surface area contributed by atoms with E-state index in [1.165, 1.54) is 11.3 Å². The molecule has 0 aromatic carbocycles. The van der Waals surface area contributed by atoms with E-state index in [4.69, 9.17) is 11.6 Å². The fourth-order valence-corrected chi connectivity index (χ4v) is 2.39.